The van der Waals surface area contributed by atoms with E-state index in [1.54, 1.807) is 41.5 Å². The number of benzene rings is 1. The van der Waals surface area contributed by atoms with Gasteiger partial charge in [0.05, 0.1) is 47.9 Å². The van der Waals surface area contributed by atoms with Crippen molar-refractivity contribution in [1.82, 2.24) is 46.9 Å². The van der Waals surface area contributed by atoms with Gasteiger partial charge in [0.15, 0.2) is 43.3 Å². The van der Waals surface area contributed by atoms with Crippen LogP contribution >= 0.6 is 0 Å². The number of nitrogens with zero attached hydrogens (tertiary/aromatic N) is 7. The summed E-state index contributed by atoms with van der Waals surface area (Å²) in [6, 6.07) is -6.16. The lowest BCUT2D eigenvalue weighted by molar-refractivity contribution is -0.384. The Morgan fingerprint density at radius 3 is 1.36 bits per heavy atom. The maximum Gasteiger partial charge on any atom is 0.408 e. The summed E-state index contributed by atoms with van der Waals surface area (Å²) in [5, 5.41) is 39.7. The molecule has 3 aliphatic heterocycles. The summed E-state index contributed by atoms with van der Waals surface area (Å²) < 4.78 is 111. The van der Waals surface area contributed by atoms with Gasteiger partial charge in [0.25, 0.3) is 5.69 Å². The highest BCUT2D eigenvalue weighted by Crippen LogP contribution is 2.41. The second kappa shape index (κ2) is 40.1. The molecule has 0 unspecified atom stereocenters. The molecule has 1 saturated carbocycles. The van der Waals surface area contributed by atoms with Crippen LogP contribution in [0.15, 0.2) is 35.6 Å². The molecule has 0 radical (unpaired) electrons. The van der Waals surface area contributed by atoms with Crippen molar-refractivity contribution in [2.24, 2.45) is 5.11 Å². The van der Waals surface area contributed by atoms with Gasteiger partial charge in [0.2, 0.25) is 0 Å². The van der Waals surface area contributed by atoms with Gasteiger partial charge in [0, 0.05) is 51.7 Å². The number of rotatable bonds is 26. The molecule has 45 nitrogen and oxygen atoms in total. The van der Waals surface area contributed by atoms with Crippen LogP contribution in [0, 0.1) is 10.1 Å². The van der Waals surface area contributed by atoms with Gasteiger partial charge < -0.3 is 117 Å². The molecule has 3 saturated heterocycles. The zero-order valence-corrected chi connectivity index (χ0v) is 70.1. The fourth-order valence-electron chi connectivity index (χ4n) is 12.4. The van der Waals surface area contributed by atoms with Crippen LogP contribution in [-0.2, 0) is 116 Å². The zero-order valence-electron chi connectivity index (χ0n) is 70.1. The van der Waals surface area contributed by atoms with E-state index >= 15 is 0 Å². The van der Waals surface area contributed by atoms with E-state index in [1.165, 1.54) is 89.3 Å². The number of nitro benzene ring substituents is 1. The molecule has 2 aromatic rings. The monoisotopic (exact) mass is 1680 g/mol. The highest BCUT2D eigenvalue weighted by atomic mass is 16.8. The molecule has 19 atom stereocenters. The van der Waals surface area contributed by atoms with Crippen LogP contribution in [0.1, 0.15) is 188 Å². The van der Waals surface area contributed by atoms with Crippen molar-refractivity contribution >= 4 is 78.1 Å². The van der Waals surface area contributed by atoms with E-state index in [0.29, 0.717) is 0 Å². The summed E-state index contributed by atoms with van der Waals surface area (Å²) in [7, 11) is 0. The Hall–Kier alpha value is -10.7. The van der Waals surface area contributed by atoms with Gasteiger partial charge in [-0.15, -0.1) is 5.10 Å². The maximum absolute atomic E-state index is 14.6. The molecule has 4 heterocycles. The number of esters is 6. The minimum Gasteiger partial charge on any atom is -0.463 e. The van der Waals surface area contributed by atoms with Gasteiger partial charge in [-0.25, -0.2) is 38.2 Å². The topological polar surface area (TPSA) is 566 Å². The van der Waals surface area contributed by atoms with E-state index < -0.39 is 260 Å². The van der Waals surface area contributed by atoms with Crippen LogP contribution < -0.4 is 31.9 Å². The van der Waals surface area contributed by atoms with Crippen molar-refractivity contribution in [1.29, 1.82) is 0 Å². The first-order chi connectivity index (χ1) is 54.4. The third kappa shape index (κ3) is 30.6. The number of ether oxygens (including phenoxy) is 18. The predicted molar refractivity (Wildman–Crippen MR) is 399 cm³/mol. The molecule has 1 aromatic heterocycles. The second-order valence-electron chi connectivity index (χ2n) is 33.6. The molecular weight excluding hydrogens is 1570 g/mol. The highest BCUT2D eigenvalue weighted by molar-refractivity contribution is 5.89. The normalized spacial score (nSPS) is 26.6. The van der Waals surface area contributed by atoms with Gasteiger partial charge in [-0.3, -0.25) is 34.1 Å². The molecule has 118 heavy (non-hydrogen) atoms. The van der Waals surface area contributed by atoms with Crippen molar-refractivity contribution < 1.29 is 148 Å². The SMILES string of the molecule is CC(=O)OC[C@H]1O[C@@H](O[C@@H]2[C@@H](NC(=O)OC(C)(C)C)[C@H](N=[N+]=[N-])C[C@H](NC(=O)OC(C)(C)C)[C@H]2O[C@H]2O[C@H](CNC(=O)OC(C)(C)C)[C@@H](OC(C)=O)[C@H](OC(C)=O)[C@H]2NC(=O)OC(C)(C)C)[C@H](OC(C)=O)[C@@H]1O[C@H]1O[C@@H](CNC(=O)OC(C)(C)C)[C@@H](OC(C)=O)[C@H](n2cc(COC(=O)c3ccc([N+](=O)[O-])cc3)nn2)[C@H]1NC(=O)OC(C)(C)C. The summed E-state index contributed by atoms with van der Waals surface area (Å²) in [6.07, 6.45) is -31.6. The lowest BCUT2D eigenvalue weighted by Crippen LogP contribution is -2.71. The van der Waals surface area contributed by atoms with Crippen LogP contribution in [0.2, 0.25) is 0 Å². The molecule has 0 bridgehead atoms. The Bertz CT molecular complexity index is 3950. The van der Waals surface area contributed by atoms with E-state index in [2.05, 4.69) is 52.2 Å². The second-order valence-corrected chi connectivity index (χ2v) is 33.6. The summed E-state index contributed by atoms with van der Waals surface area (Å²) in [5.41, 5.74) is 2.63. The van der Waals surface area contributed by atoms with Crippen LogP contribution in [0.4, 0.5) is 34.5 Å². The number of carbonyl (C=O) groups is 12. The Balaban J connectivity index is 1.66. The molecule has 1 aliphatic carbocycles. The molecule has 45 heteroatoms. The van der Waals surface area contributed by atoms with Crippen molar-refractivity contribution in [2.45, 2.75) is 322 Å². The fourth-order valence-corrected chi connectivity index (χ4v) is 12.4. The third-order valence-corrected chi connectivity index (χ3v) is 16.3. The van der Waals surface area contributed by atoms with E-state index in [-0.39, 0.29) is 16.9 Å². The number of carbonyl (C=O) groups excluding carboxylic acids is 12. The number of azide groups is 1. The van der Waals surface area contributed by atoms with E-state index in [1.807, 2.05) is 0 Å². The van der Waals surface area contributed by atoms with E-state index in [9.17, 15) is 73.2 Å². The number of amides is 6. The van der Waals surface area contributed by atoms with Crippen molar-refractivity contribution in [3.8, 4) is 0 Å². The molecular formula is C73H109N13O32. The van der Waals surface area contributed by atoms with Crippen molar-refractivity contribution in [3.63, 3.8) is 0 Å². The number of alkyl carbamates (subject to hydrolysis) is 6. The Morgan fingerprint density at radius 2 is 0.898 bits per heavy atom. The molecule has 4 fully saturated rings. The Kier molecular flexibility index (Phi) is 32.7. The van der Waals surface area contributed by atoms with Crippen molar-refractivity contribution in [2.75, 3.05) is 19.7 Å². The van der Waals surface area contributed by atoms with Crippen LogP contribution in [-0.4, -0.2) is 256 Å². The molecule has 6 amide bonds. The minimum atomic E-state index is -2.22. The largest absolute Gasteiger partial charge is 0.463 e. The lowest BCUT2D eigenvalue weighted by Gasteiger charge is -2.50. The molecule has 6 N–H and O–H groups in total. The molecule has 0 spiro atoms. The highest BCUT2D eigenvalue weighted by Gasteiger charge is 2.61. The number of aromatic nitrogens is 3. The Morgan fingerprint density at radius 1 is 0.492 bits per heavy atom. The van der Waals surface area contributed by atoms with E-state index in [4.69, 9.17) is 85.3 Å². The van der Waals surface area contributed by atoms with Gasteiger partial charge >= 0.3 is 72.4 Å². The van der Waals surface area contributed by atoms with E-state index in [0.717, 1.165) is 63.6 Å². The molecule has 6 rings (SSSR count). The number of nitrogens with one attached hydrogen (secondary N) is 6. The standard InChI is InChI=1S/C73H109N13O32/c1-34(87)101-33-46-54(111-59-48(79-66(97)117-72(18,19)20)50(52(103-35(2)88)44(107-59)29-75-62(93)113-68(6,7)8)85-31-40(81-84-85)32-102-58(92)39-24-26-41(27-25-39)86(99)100)57(106-38(5)91)61(109-46)112-55-47(78-65(96)116-71(15,16)17)42(82-83-74)28-43(77-64(95)115-70(12,13)14)51(55)110-60-49(80-67(98)118-73(21,22)23)56(105-37(4)90)53(104-36(3)89)45(108-60)30-76-63(94)114-69(9,10)11/h24-27,31,42-57,59-61H,28-30,32-33H2,1-23H3,(H,75,93)(H,76,94)(H,77,95)(H,78,96)(H,79,97)(H,80,98)/t42-,43+,44+,45-,46-,47+,48-,49-,50-,51-,52-,53-,54-,55-,56-,57-,59-,60-,61+/m1/s1. The maximum atomic E-state index is 14.6. The predicted octanol–water partition coefficient (Wildman–Crippen LogP) is 6.41. The average Bonchev–Trinajstić information content (AvgIpc) is 1.46. The summed E-state index contributed by atoms with van der Waals surface area (Å²) in [6.45, 7) is 29.6. The smallest absolute Gasteiger partial charge is 0.408 e. The molecule has 4 aliphatic rings. The number of nitro groups is 1. The van der Waals surface area contributed by atoms with Gasteiger partial charge in [-0.2, -0.15) is 0 Å². The Labute approximate surface area is 679 Å². The molecule has 1 aromatic carbocycles. The van der Waals surface area contributed by atoms with Crippen LogP contribution in [0.5, 0.6) is 0 Å². The van der Waals surface area contributed by atoms with Gasteiger partial charge in [-0.1, -0.05) is 10.3 Å². The van der Waals surface area contributed by atoms with Gasteiger partial charge in [-0.05, 0) is 149 Å². The number of hydrogen-bond acceptors (Lipinski definition) is 35. The number of non-ortho nitro benzene ring substituents is 1. The first-order valence-corrected chi connectivity index (χ1v) is 37.5. The third-order valence-electron chi connectivity index (χ3n) is 16.3. The lowest BCUT2D eigenvalue weighted by atomic mass is 9.81. The fraction of sp³-hybridized carbons (Fsp3) is 0.726. The van der Waals surface area contributed by atoms with Crippen molar-refractivity contribution in [3.05, 3.63) is 62.3 Å². The summed E-state index contributed by atoms with van der Waals surface area (Å²) in [4.78, 5) is 180. The zero-order chi connectivity index (χ0) is 88.7. The van der Waals surface area contributed by atoms with Crippen LogP contribution in [0.25, 0.3) is 10.4 Å². The average molecular weight is 1680 g/mol. The minimum absolute atomic E-state index is 0.104. The summed E-state index contributed by atoms with van der Waals surface area (Å²) >= 11 is 0. The quantitative estimate of drug-likeness (QED) is 0.0113. The first-order valence-electron chi connectivity index (χ1n) is 37.5. The molecule has 658 valence electrons. The number of hydrogen-bond donors (Lipinski definition) is 6. The van der Waals surface area contributed by atoms with Gasteiger partial charge in [0.1, 0.15) is 107 Å². The first kappa shape index (κ1) is 96.1. The van der Waals surface area contributed by atoms with Crippen LogP contribution in [0.3, 0.4) is 0 Å². The summed E-state index contributed by atoms with van der Waals surface area (Å²) in [5.74, 6) is -6.10.